The van der Waals surface area contributed by atoms with E-state index < -0.39 is 0 Å². The van der Waals surface area contributed by atoms with Gasteiger partial charge in [-0.05, 0) is 161 Å². The van der Waals surface area contributed by atoms with Crippen LogP contribution in [0.2, 0.25) is 0 Å². The number of hydrogen-bond donors (Lipinski definition) is 3. The molecule has 0 radical (unpaired) electrons. The first-order chi connectivity index (χ1) is 24.0. The highest BCUT2D eigenvalue weighted by molar-refractivity contribution is 6.01. The lowest BCUT2D eigenvalue weighted by molar-refractivity contribution is 1.27. The fourth-order valence-electron chi connectivity index (χ4n) is 8.66. The molecule has 248 valence electrons. The van der Waals surface area contributed by atoms with Gasteiger partial charge in [0.25, 0.3) is 0 Å². The van der Waals surface area contributed by atoms with E-state index >= 15 is 0 Å². The molecule has 7 aromatic rings. The average Bonchev–Trinajstić information content (AvgIpc) is 3.85. The summed E-state index contributed by atoms with van der Waals surface area (Å²) in [4.78, 5) is 17.1. The fourth-order valence-corrected chi connectivity index (χ4v) is 8.66. The molecule has 5 heterocycles. The van der Waals surface area contributed by atoms with E-state index in [-0.39, 0.29) is 0 Å². The Morgan fingerprint density at radius 1 is 0.320 bits per heavy atom. The normalized spacial score (nSPS) is 12.0. The first-order valence-electron chi connectivity index (χ1n) is 17.6. The van der Waals surface area contributed by atoms with E-state index in [9.17, 15) is 0 Å². The number of aromatic nitrogens is 4. The molecule has 50 heavy (non-hydrogen) atoms. The Kier molecular flexibility index (Phi) is 7.45. The Hall–Kier alpha value is -5.61. The predicted octanol–water partition coefficient (Wildman–Crippen LogP) is 12.5. The average molecular weight is 653 g/mol. The molecule has 3 aromatic carbocycles. The fraction of sp³-hybridized carbons (Fsp3) is 0.196. The number of H-pyrrole nitrogens is 3. The van der Waals surface area contributed by atoms with Crippen molar-refractivity contribution in [1.29, 1.82) is 0 Å². The molecule has 0 amide bonds. The maximum Gasteiger partial charge on any atom is 0.0737 e. The Labute approximate surface area is 294 Å². The van der Waals surface area contributed by atoms with E-state index in [2.05, 4.69) is 162 Å². The summed E-state index contributed by atoms with van der Waals surface area (Å²) in [5, 5.41) is 0. The van der Waals surface area contributed by atoms with E-state index in [0.29, 0.717) is 0 Å². The summed E-state index contributed by atoms with van der Waals surface area (Å²) < 4.78 is 0. The Morgan fingerprint density at radius 2 is 0.580 bits per heavy atom. The van der Waals surface area contributed by atoms with Gasteiger partial charge in [-0.15, -0.1) is 0 Å². The Bertz CT molecular complexity index is 2620. The number of hydrogen-bond acceptors (Lipinski definition) is 1. The van der Waals surface area contributed by atoms with Crippen LogP contribution < -0.4 is 0 Å². The third-order valence-corrected chi connectivity index (χ3v) is 10.4. The number of rotatable bonds is 3. The predicted molar refractivity (Wildman–Crippen MR) is 214 cm³/mol. The van der Waals surface area contributed by atoms with Crippen LogP contribution in [0.1, 0.15) is 61.5 Å². The first-order valence-corrected chi connectivity index (χ1v) is 17.6. The molecule has 0 spiro atoms. The molecule has 4 heteroatoms. The van der Waals surface area contributed by atoms with Crippen LogP contribution in [-0.4, -0.2) is 19.9 Å². The van der Waals surface area contributed by atoms with Crippen LogP contribution in [0.3, 0.4) is 0 Å². The van der Waals surface area contributed by atoms with Crippen LogP contribution in [0, 0.1) is 62.3 Å². The Morgan fingerprint density at radius 3 is 0.920 bits per heavy atom. The Balaban J connectivity index is 1.61. The summed E-state index contributed by atoms with van der Waals surface area (Å²) in [7, 11) is 0. The van der Waals surface area contributed by atoms with Crippen molar-refractivity contribution in [2.75, 3.05) is 0 Å². The minimum atomic E-state index is 0.954. The van der Waals surface area contributed by atoms with E-state index in [1.807, 2.05) is 0 Å². The molecule has 3 N–H and O–H groups in total. The maximum atomic E-state index is 5.51. The van der Waals surface area contributed by atoms with Gasteiger partial charge in [-0.3, -0.25) is 0 Å². The standard InChI is InChI=1S/C46H44N4/c1-24-18-27(4)41(28(5)19-24)44-35-12-10-33(47-35)34-11-13-36(48-34)45(42-29(6)20-25(2)21-30(42)7)38-15-17-40(50-38)46(39-16-14-37(44)49-39)43-31(8)22-26(3)23-32(43)9/h10-23,47-49H,1-9H3. The molecule has 0 saturated carbocycles. The van der Waals surface area contributed by atoms with Crippen LogP contribution in [0.15, 0.2) is 72.8 Å². The zero-order valence-electron chi connectivity index (χ0n) is 30.5. The summed E-state index contributed by atoms with van der Waals surface area (Å²) in [6.45, 7) is 19.8. The molecular formula is C46H44N4. The summed E-state index contributed by atoms with van der Waals surface area (Å²) in [5.74, 6) is 0. The molecule has 0 saturated heterocycles. The molecule has 4 aromatic heterocycles. The molecule has 0 atom stereocenters. The van der Waals surface area contributed by atoms with E-state index in [1.54, 1.807) is 0 Å². The van der Waals surface area contributed by atoms with Crippen molar-refractivity contribution in [3.8, 4) is 33.4 Å². The molecule has 0 aliphatic carbocycles. The van der Waals surface area contributed by atoms with E-state index in [1.165, 1.54) is 66.8 Å². The molecule has 0 fully saturated rings. The number of nitrogens with zero attached hydrogens (tertiary/aromatic N) is 1. The van der Waals surface area contributed by atoms with Crippen LogP contribution in [0.4, 0.5) is 0 Å². The van der Waals surface area contributed by atoms with Gasteiger partial charge in [0.2, 0.25) is 0 Å². The quantitative estimate of drug-likeness (QED) is 0.175. The molecule has 8 rings (SSSR count). The van der Waals surface area contributed by atoms with Crippen molar-refractivity contribution < 1.29 is 0 Å². The first kappa shape index (κ1) is 31.6. The second-order valence-corrected chi connectivity index (χ2v) is 14.5. The van der Waals surface area contributed by atoms with Gasteiger partial charge in [-0.1, -0.05) is 53.1 Å². The van der Waals surface area contributed by atoms with Crippen LogP contribution in [0.25, 0.3) is 78.6 Å². The zero-order chi connectivity index (χ0) is 35.0. The van der Waals surface area contributed by atoms with Gasteiger partial charge in [-0.25, -0.2) is 4.98 Å². The number of aryl methyl sites for hydroxylation is 9. The lowest BCUT2D eigenvalue weighted by Gasteiger charge is -2.14. The number of nitrogens with one attached hydrogen (secondary N) is 3. The number of benzene rings is 3. The van der Waals surface area contributed by atoms with Crippen molar-refractivity contribution in [1.82, 2.24) is 19.9 Å². The SMILES string of the molecule is Cc1cc(C)c(-c2c3nc(c(-c4c(C)cc(C)cc4C)c4ccc([nH]4)c4ccc([nH]4)c(-c4c(C)cc(C)cc4C)c4ccc2[nH]4)C=C3)c(C)c1. The van der Waals surface area contributed by atoms with Gasteiger partial charge in [0.05, 0.1) is 22.4 Å². The lowest BCUT2D eigenvalue weighted by atomic mass is 9.92. The van der Waals surface area contributed by atoms with Gasteiger partial charge >= 0.3 is 0 Å². The largest absolute Gasteiger partial charge is 0.354 e. The van der Waals surface area contributed by atoms with Crippen molar-refractivity contribution in [2.45, 2.75) is 62.3 Å². The maximum absolute atomic E-state index is 5.51. The molecule has 1 aliphatic heterocycles. The smallest absolute Gasteiger partial charge is 0.0737 e. The summed E-state index contributed by atoms with van der Waals surface area (Å²) >= 11 is 0. The van der Waals surface area contributed by atoms with Crippen LogP contribution in [-0.2, 0) is 0 Å². The van der Waals surface area contributed by atoms with E-state index in [4.69, 9.17) is 4.98 Å². The third kappa shape index (κ3) is 5.18. The summed E-state index contributed by atoms with van der Waals surface area (Å²) in [6.07, 6.45) is 4.40. The minimum Gasteiger partial charge on any atom is -0.354 e. The van der Waals surface area contributed by atoms with Gasteiger partial charge in [0.15, 0.2) is 0 Å². The highest BCUT2D eigenvalue weighted by Crippen LogP contribution is 2.41. The number of fused-ring (bicyclic) bond motifs is 9. The minimum absolute atomic E-state index is 0.954. The van der Waals surface area contributed by atoms with Gasteiger partial charge in [0.1, 0.15) is 0 Å². The second kappa shape index (κ2) is 11.8. The van der Waals surface area contributed by atoms with Gasteiger partial charge in [0, 0.05) is 38.8 Å². The third-order valence-electron chi connectivity index (χ3n) is 10.4. The molecular weight excluding hydrogens is 609 g/mol. The summed E-state index contributed by atoms with van der Waals surface area (Å²) in [5.41, 5.74) is 26.5. The van der Waals surface area contributed by atoms with Crippen molar-refractivity contribution in [3.63, 3.8) is 0 Å². The van der Waals surface area contributed by atoms with Gasteiger partial charge < -0.3 is 15.0 Å². The monoisotopic (exact) mass is 652 g/mol. The molecule has 4 nitrogen and oxygen atoms in total. The highest BCUT2D eigenvalue weighted by Gasteiger charge is 2.21. The van der Waals surface area contributed by atoms with Crippen molar-refractivity contribution in [2.24, 2.45) is 0 Å². The zero-order valence-corrected chi connectivity index (χ0v) is 30.5. The number of aromatic amines is 3. The van der Waals surface area contributed by atoms with Gasteiger partial charge in [-0.2, -0.15) is 0 Å². The molecule has 1 aliphatic rings. The lowest BCUT2D eigenvalue weighted by Crippen LogP contribution is -1.95. The molecule has 0 unspecified atom stereocenters. The highest BCUT2D eigenvalue weighted by atomic mass is 14.8. The van der Waals surface area contributed by atoms with Crippen molar-refractivity contribution in [3.05, 3.63) is 134 Å². The van der Waals surface area contributed by atoms with Crippen LogP contribution in [0.5, 0.6) is 0 Å². The van der Waals surface area contributed by atoms with E-state index in [0.717, 1.165) is 61.2 Å². The summed E-state index contributed by atoms with van der Waals surface area (Å²) in [6, 6.07) is 27.0. The van der Waals surface area contributed by atoms with Crippen LogP contribution >= 0.6 is 0 Å². The topological polar surface area (TPSA) is 60.3 Å². The molecule has 8 bridgehead atoms. The second-order valence-electron chi connectivity index (χ2n) is 14.5. The van der Waals surface area contributed by atoms with Crippen molar-refractivity contribution >= 4 is 45.3 Å².